The van der Waals surface area contributed by atoms with Crippen molar-refractivity contribution in [2.45, 2.75) is 0 Å². The molecule has 1 aromatic heterocycles. The third-order valence-corrected chi connectivity index (χ3v) is 2.36. The molecule has 2 N–H and O–H groups in total. The van der Waals surface area contributed by atoms with E-state index in [1.807, 2.05) is 22.9 Å². The van der Waals surface area contributed by atoms with Crippen molar-refractivity contribution in [3.8, 4) is 11.4 Å². The summed E-state index contributed by atoms with van der Waals surface area (Å²) in [4.78, 5) is 3.96. The molecule has 0 saturated carbocycles. The van der Waals surface area contributed by atoms with Crippen molar-refractivity contribution < 1.29 is 9.13 Å². The van der Waals surface area contributed by atoms with Crippen molar-refractivity contribution in [2.24, 2.45) is 5.73 Å². The number of aromatic nitrogens is 2. The molecule has 102 valence electrons. The Bertz CT molecular complexity index is 511. The predicted molar refractivity (Wildman–Crippen MR) is 74.6 cm³/mol. The Hall–Kier alpha value is -1.85. The van der Waals surface area contributed by atoms with Crippen LogP contribution in [-0.2, 0) is 0 Å². The lowest BCUT2D eigenvalue weighted by Gasteiger charge is -2.06. The molecule has 19 heavy (non-hydrogen) atoms. The summed E-state index contributed by atoms with van der Waals surface area (Å²) >= 11 is 0. The van der Waals surface area contributed by atoms with Gasteiger partial charge >= 0.3 is 0 Å². The fourth-order valence-corrected chi connectivity index (χ4v) is 1.47. The molecule has 0 atom stereocenters. The van der Waals surface area contributed by atoms with Gasteiger partial charge in [-0.05, 0) is 30.3 Å². The van der Waals surface area contributed by atoms with Crippen LogP contribution in [0.15, 0.2) is 54.9 Å². The van der Waals surface area contributed by atoms with Crippen molar-refractivity contribution in [1.82, 2.24) is 9.55 Å². The van der Waals surface area contributed by atoms with E-state index in [2.05, 4.69) is 4.98 Å². The molecule has 0 bridgehead atoms. The summed E-state index contributed by atoms with van der Waals surface area (Å²) in [6.07, 6.45) is 6.55. The molecule has 2 aromatic rings. The maximum atomic E-state index is 13.0. The summed E-state index contributed by atoms with van der Waals surface area (Å²) < 4.78 is 20.2. The van der Waals surface area contributed by atoms with Crippen LogP contribution in [0.5, 0.6) is 5.75 Å². The van der Waals surface area contributed by atoms with Gasteiger partial charge in [-0.1, -0.05) is 0 Å². The average Bonchev–Trinajstić information content (AvgIpc) is 2.91. The standard InChI is InChI=1S/C13H14FN3O.ClH/c14-11(5-6-15)9-18-13-3-1-12(2-4-13)17-8-7-16-10-17;/h1-5,7-8,10H,6,9,15H2;1H/b11-5-;. The summed E-state index contributed by atoms with van der Waals surface area (Å²) in [6, 6.07) is 7.32. The van der Waals surface area contributed by atoms with E-state index in [0.29, 0.717) is 5.75 Å². The fraction of sp³-hybridized carbons (Fsp3) is 0.154. The molecule has 1 aromatic carbocycles. The first kappa shape index (κ1) is 15.2. The summed E-state index contributed by atoms with van der Waals surface area (Å²) in [5.41, 5.74) is 6.16. The third-order valence-electron chi connectivity index (χ3n) is 2.36. The molecular formula is C13H15ClFN3O. The van der Waals surface area contributed by atoms with Gasteiger partial charge in [-0.3, -0.25) is 0 Å². The van der Waals surface area contributed by atoms with Gasteiger partial charge in [-0.15, -0.1) is 12.4 Å². The van der Waals surface area contributed by atoms with E-state index in [0.717, 1.165) is 5.69 Å². The van der Waals surface area contributed by atoms with Crippen LogP contribution in [0.4, 0.5) is 4.39 Å². The highest BCUT2D eigenvalue weighted by atomic mass is 35.5. The lowest BCUT2D eigenvalue weighted by Crippen LogP contribution is -2.01. The highest BCUT2D eigenvalue weighted by molar-refractivity contribution is 5.85. The smallest absolute Gasteiger partial charge is 0.139 e. The number of imidazole rings is 1. The maximum Gasteiger partial charge on any atom is 0.139 e. The van der Waals surface area contributed by atoms with E-state index in [1.165, 1.54) is 6.08 Å². The largest absolute Gasteiger partial charge is 0.487 e. The molecule has 0 radical (unpaired) electrons. The second-order valence-electron chi connectivity index (χ2n) is 3.64. The Labute approximate surface area is 117 Å². The predicted octanol–water partition coefficient (Wildman–Crippen LogP) is 2.49. The van der Waals surface area contributed by atoms with Gasteiger partial charge in [-0.25, -0.2) is 9.37 Å². The maximum absolute atomic E-state index is 13.0. The van der Waals surface area contributed by atoms with E-state index in [1.54, 1.807) is 24.7 Å². The minimum absolute atomic E-state index is 0. The van der Waals surface area contributed by atoms with Crippen LogP contribution in [0, 0.1) is 0 Å². The number of rotatable bonds is 5. The molecule has 0 saturated heterocycles. The quantitative estimate of drug-likeness (QED) is 0.917. The number of hydrogen-bond donors (Lipinski definition) is 1. The third kappa shape index (κ3) is 4.39. The van der Waals surface area contributed by atoms with Crippen LogP contribution in [0.2, 0.25) is 0 Å². The highest BCUT2D eigenvalue weighted by Gasteiger charge is 1.99. The zero-order valence-electron chi connectivity index (χ0n) is 10.2. The second-order valence-corrected chi connectivity index (χ2v) is 3.64. The van der Waals surface area contributed by atoms with Crippen molar-refractivity contribution in [3.05, 3.63) is 54.9 Å². The van der Waals surface area contributed by atoms with Gasteiger partial charge in [0.2, 0.25) is 0 Å². The van der Waals surface area contributed by atoms with Gasteiger partial charge in [-0.2, -0.15) is 0 Å². The molecule has 0 unspecified atom stereocenters. The fourth-order valence-electron chi connectivity index (χ4n) is 1.47. The number of ether oxygens (including phenoxy) is 1. The zero-order chi connectivity index (χ0) is 12.8. The van der Waals surface area contributed by atoms with Crippen LogP contribution in [0.25, 0.3) is 5.69 Å². The van der Waals surface area contributed by atoms with E-state index in [9.17, 15) is 4.39 Å². The van der Waals surface area contributed by atoms with E-state index in [4.69, 9.17) is 10.5 Å². The average molecular weight is 284 g/mol. The number of nitrogens with zero attached hydrogens (tertiary/aromatic N) is 2. The topological polar surface area (TPSA) is 53.1 Å². The van der Waals surface area contributed by atoms with E-state index >= 15 is 0 Å². The first-order valence-electron chi connectivity index (χ1n) is 5.55. The summed E-state index contributed by atoms with van der Waals surface area (Å²) in [5, 5.41) is 0. The van der Waals surface area contributed by atoms with Gasteiger partial charge in [0.25, 0.3) is 0 Å². The van der Waals surface area contributed by atoms with Crippen molar-refractivity contribution >= 4 is 12.4 Å². The van der Waals surface area contributed by atoms with Crippen LogP contribution in [0.3, 0.4) is 0 Å². The Balaban J connectivity index is 0.00000180. The molecule has 4 nitrogen and oxygen atoms in total. The number of benzene rings is 1. The summed E-state index contributed by atoms with van der Waals surface area (Å²) in [7, 11) is 0. The van der Waals surface area contributed by atoms with Gasteiger partial charge in [0.15, 0.2) is 0 Å². The molecule has 0 fully saturated rings. The highest BCUT2D eigenvalue weighted by Crippen LogP contribution is 2.15. The molecule has 0 aliphatic rings. The summed E-state index contributed by atoms with van der Waals surface area (Å²) in [5.74, 6) is 0.246. The molecule has 1 heterocycles. The van der Waals surface area contributed by atoms with Crippen molar-refractivity contribution in [3.63, 3.8) is 0 Å². The molecular weight excluding hydrogens is 269 g/mol. The summed E-state index contributed by atoms with van der Waals surface area (Å²) in [6.45, 7) is 0.0797. The van der Waals surface area contributed by atoms with Gasteiger partial charge in [0, 0.05) is 24.6 Å². The number of halogens is 2. The molecule has 0 aliphatic heterocycles. The lowest BCUT2D eigenvalue weighted by molar-refractivity contribution is 0.318. The van der Waals surface area contributed by atoms with E-state index < -0.39 is 0 Å². The van der Waals surface area contributed by atoms with Crippen LogP contribution in [0.1, 0.15) is 0 Å². The Kier molecular flexibility index (Phi) is 6.05. The normalized spacial score (nSPS) is 10.9. The number of hydrogen-bond acceptors (Lipinski definition) is 3. The Morgan fingerprint density at radius 3 is 2.68 bits per heavy atom. The minimum atomic E-state index is -0.365. The molecule has 0 amide bonds. The van der Waals surface area contributed by atoms with Crippen molar-refractivity contribution in [1.29, 1.82) is 0 Å². The Morgan fingerprint density at radius 2 is 2.11 bits per heavy atom. The number of nitrogens with two attached hydrogens (primary N) is 1. The molecule has 2 rings (SSSR count). The zero-order valence-corrected chi connectivity index (χ0v) is 11.0. The molecule has 0 spiro atoms. The first-order valence-corrected chi connectivity index (χ1v) is 5.55. The van der Waals surface area contributed by atoms with Crippen LogP contribution >= 0.6 is 12.4 Å². The van der Waals surface area contributed by atoms with Crippen molar-refractivity contribution in [2.75, 3.05) is 13.2 Å². The molecule has 6 heteroatoms. The van der Waals surface area contributed by atoms with Gasteiger partial charge < -0.3 is 15.0 Å². The van der Waals surface area contributed by atoms with Gasteiger partial charge in [0.1, 0.15) is 18.2 Å². The monoisotopic (exact) mass is 283 g/mol. The van der Waals surface area contributed by atoms with Crippen LogP contribution in [-0.4, -0.2) is 22.7 Å². The first-order chi connectivity index (χ1) is 8.79. The van der Waals surface area contributed by atoms with Crippen LogP contribution < -0.4 is 10.5 Å². The SMILES string of the molecule is Cl.NC/C=C(\F)COc1ccc(-n2ccnc2)cc1. The van der Waals surface area contributed by atoms with Gasteiger partial charge in [0.05, 0.1) is 6.33 Å². The minimum Gasteiger partial charge on any atom is -0.487 e. The molecule has 0 aliphatic carbocycles. The second kappa shape index (κ2) is 7.56. The lowest BCUT2D eigenvalue weighted by atomic mass is 10.3. The van der Waals surface area contributed by atoms with E-state index in [-0.39, 0.29) is 31.4 Å². The Morgan fingerprint density at radius 1 is 1.37 bits per heavy atom.